The number of carbonyl (C=O) groups excluding carboxylic acids is 2. The Morgan fingerprint density at radius 3 is 2.50 bits per heavy atom. The Morgan fingerprint density at radius 1 is 1.19 bits per heavy atom. The van der Waals surface area contributed by atoms with Crippen molar-refractivity contribution in [2.45, 2.75) is 38.9 Å². The molecule has 1 aromatic carbocycles. The largest absolute Gasteiger partial charge is 0.493 e. The summed E-state index contributed by atoms with van der Waals surface area (Å²) >= 11 is 0. The van der Waals surface area contributed by atoms with Crippen LogP contribution >= 0.6 is 0 Å². The predicted octanol–water partition coefficient (Wildman–Crippen LogP) is 2.99. The van der Waals surface area contributed by atoms with Gasteiger partial charge in [0.1, 0.15) is 5.57 Å². The number of nitriles is 1. The van der Waals surface area contributed by atoms with Crippen molar-refractivity contribution < 1.29 is 28.5 Å². The minimum absolute atomic E-state index is 0.216. The monoisotopic (exact) mass is 359 g/mol. The minimum Gasteiger partial charge on any atom is -0.493 e. The lowest BCUT2D eigenvalue weighted by molar-refractivity contribution is -0.222. The van der Waals surface area contributed by atoms with E-state index in [0.29, 0.717) is 36.5 Å². The van der Waals surface area contributed by atoms with E-state index in [9.17, 15) is 9.59 Å². The molecular weight excluding hydrogens is 338 g/mol. The number of cyclic esters (lactones) is 2. The first-order valence-electron chi connectivity index (χ1n) is 8.23. The quantitative estimate of drug-likeness (QED) is 0.320. The lowest BCUT2D eigenvalue weighted by atomic mass is 10.1. The Bertz CT molecular complexity index is 738. The second kappa shape index (κ2) is 8.39. The van der Waals surface area contributed by atoms with Crippen molar-refractivity contribution in [1.82, 2.24) is 0 Å². The summed E-state index contributed by atoms with van der Waals surface area (Å²) in [4.78, 5) is 24.3. The van der Waals surface area contributed by atoms with Gasteiger partial charge in [-0.1, -0.05) is 12.1 Å². The highest BCUT2D eigenvalue weighted by Crippen LogP contribution is 2.34. The molecule has 2 rings (SSSR count). The Hall–Kier alpha value is -3.01. The third-order valence-corrected chi connectivity index (χ3v) is 3.58. The highest BCUT2D eigenvalue weighted by atomic mass is 16.7. The Kier molecular flexibility index (Phi) is 6.23. The lowest BCUT2D eigenvalue weighted by Crippen LogP contribution is -2.41. The van der Waals surface area contributed by atoms with Gasteiger partial charge in [-0.25, -0.2) is 9.59 Å². The molecule has 1 saturated heterocycles. The number of esters is 2. The van der Waals surface area contributed by atoms with Crippen LogP contribution in [0.4, 0.5) is 0 Å². The fourth-order valence-electron chi connectivity index (χ4n) is 2.38. The van der Waals surface area contributed by atoms with Crippen LogP contribution in [-0.2, 0) is 19.1 Å². The van der Waals surface area contributed by atoms with Crippen LogP contribution in [0.15, 0.2) is 23.8 Å². The zero-order chi connectivity index (χ0) is 19.2. The SMILES string of the molecule is COc1cccc(C=C2C(=O)OC(C)(C)OC2=O)c1OCCCCC#N. The number of hydrogen-bond donors (Lipinski definition) is 0. The summed E-state index contributed by atoms with van der Waals surface area (Å²) in [5.74, 6) is -1.93. The number of nitrogens with zero attached hydrogens (tertiary/aromatic N) is 1. The second-order valence-electron chi connectivity index (χ2n) is 6.08. The summed E-state index contributed by atoms with van der Waals surface area (Å²) in [5, 5.41) is 8.57. The van der Waals surface area contributed by atoms with Gasteiger partial charge in [-0.15, -0.1) is 0 Å². The Balaban J connectivity index is 2.27. The molecule has 138 valence electrons. The number of hydrogen-bond acceptors (Lipinski definition) is 7. The summed E-state index contributed by atoms with van der Waals surface area (Å²) < 4.78 is 21.3. The van der Waals surface area contributed by atoms with Gasteiger partial charge >= 0.3 is 11.9 Å². The van der Waals surface area contributed by atoms with E-state index >= 15 is 0 Å². The number of rotatable bonds is 7. The molecule has 0 N–H and O–H groups in total. The average molecular weight is 359 g/mol. The van der Waals surface area contributed by atoms with Crippen LogP contribution in [-0.4, -0.2) is 31.4 Å². The number of carbonyl (C=O) groups is 2. The Labute approximate surface area is 152 Å². The second-order valence-corrected chi connectivity index (χ2v) is 6.08. The highest BCUT2D eigenvalue weighted by molar-refractivity contribution is 6.19. The summed E-state index contributed by atoms with van der Waals surface area (Å²) in [5.41, 5.74) is 0.278. The zero-order valence-electron chi connectivity index (χ0n) is 15.0. The third kappa shape index (κ3) is 4.76. The highest BCUT2D eigenvalue weighted by Gasteiger charge is 2.39. The molecular formula is C19H21NO6. The van der Waals surface area contributed by atoms with Crippen molar-refractivity contribution in [1.29, 1.82) is 5.26 Å². The van der Waals surface area contributed by atoms with Gasteiger partial charge in [0.2, 0.25) is 0 Å². The number of para-hydroxylation sites is 1. The van der Waals surface area contributed by atoms with Crippen LogP contribution in [0.2, 0.25) is 0 Å². The maximum Gasteiger partial charge on any atom is 0.348 e. The standard InChI is InChI=1S/C19H21NO6/c1-19(2)25-17(21)14(18(22)26-19)12-13-8-7-9-15(23-3)16(13)24-11-6-4-5-10-20/h7-9,12H,4-6,11H2,1-3H3. The van der Waals surface area contributed by atoms with Gasteiger partial charge in [0.15, 0.2) is 11.5 Å². The molecule has 1 aromatic rings. The van der Waals surface area contributed by atoms with E-state index in [4.69, 9.17) is 24.2 Å². The molecule has 0 aliphatic carbocycles. The number of methoxy groups -OCH3 is 1. The average Bonchev–Trinajstić information content (AvgIpc) is 2.57. The first-order chi connectivity index (χ1) is 12.4. The van der Waals surface area contributed by atoms with E-state index in [-0.39, 0.29) is 5.57 Å². The molecule has 0 unspecified atom stereocenters. The molecule has 0 bridgehead atoms. The van der Waals surface area contributed by atoms with Crippen LogP contribution in [0.5, 0.6) is 11.5 Å². The molecule has 1 fully saturated rings. The zero-order valence-corrected chi connectivity index (χ0v) is 15.0. The topological polar surface area (TPSA) is 94.8 Å². The normalized spacial score (nSPS) is 15.5. The van der Waals surface area contributed by atoms with E-state index < -0.39 is 17.7 Å². The van der Waals surface area contributed by atoms with Gasteiger partial charge in [-0.2, -0.15) is 5.26 Å². The van der Waals surface area contributed by atoms with Crippen LogP contribution in [0.25, 0.3) is 6.08 Å². The molecule has 26 heavy (non-hydrogen) atoms. The fraction of sp³-hybridized carbons (Fsp3) is 0.421. The Morgan fingerprint density at radius 2 is 1.88 bits per heavy atom. The van der Waals surface area contributed by atoms with Gasteiger partial charge in [-0.3, -0.25) is 0 Å². The van der Waals surface area contributed by atoms with E-state index in [0.717, 1.165) is 6.42 Å². The molecule has 0 atom stereocenters. The van der Waals surface area contributed by atoms with Crippen molar-refractivity contribution in [3.05, 3.63) is 29.3 Å². The fourth-order valence-corrected chi connectivity index (χ4v) is 2.38. The molecule has 1 aliphatic heterocycles. The van der Waals surface area contributed by atoms with Crippen LogP contribution in [0.1, 0.15) is 38.7 Å². The molecule has 0 radical (unpaired) electrons. The predicted molar refractivity (Wildman–Crippen MR) is 92.2 cm³/mol. The number of benzene rings is 1. The van der Waals surface area contributed by atoms with E-state index in [2.05, 4.69) is 6.07 Å². The molecule has 0 spiro atoms. The van der Waals surface area contributed by atoms with E-state index in [1.54, 1.807) is 18.2 Å². The van der Waals surface area contributed by atoms with Crippen LogP contribution in [0.3, 0.4) is 0 Å². The maximum absolute atomic E-state index is 12.1. The van der Waals surface area contributed by atoms with Gasteiger partial charge in [0, 0.05) is 25.8 Å². The van der Waals surface area contributed by atoms with Crippen molar-refractivity contribution in [2.75, 3.05) is 13.7 Å². The molecule has 7 heteroatoms. The molecule has 1 aliphatic rings. The molecule has 0 amide bonds. The molecule has 1 heterocycles. The smallest absolute Gasteiger partial charge is 0.348 e. The third-order valence-electron chi connectivity index (χ3n) is 3.58. The van der Waals surface area contributed by atoms with Crippen molar-refractivity contribution in [2.24, 2.45) is 0 Å². The first-order valence-corrected chi connectivity index (χ1v) is 8.23. The number of unbranched alkanes of at least 4 members (excludes halogenated alkanes) is 2. The van der Waals surface area contributed by atoms with Gasteiger partial charge in [0.05, 0.1) is 19.8 Å². The first kappa shape index (κ1) is 19.3. The lowest BCUT2D eigenvalue weighted by Gasteiger charge is -2.29. The van der Waals surface area contributed by atoms with Crippen LogP contribution < -0.4 is 9.47 Å². The van der Waals surface area contributed by atoms with Crippen molar-refractivity contribution in [3.63, 3.8) is 0 Å². The van der Waals surface area contributed by atoms with Gasteiger partial charge < -0.3 is 18.9 Å². The summed E-state index contributed by atoms with van der Waals surface area (Å²) in [7, 11) is 1.50. The van der Waals surface area contributed by atoms with Crippen LogP contribution in [0, 0.1) is 11.3 Å². The van der Waals surface area contributed by atoms with E-state index in [1.807, 2.05) is 0 Å². The molecule has 0 aromatic heterocycles. The van der Waals surface area contributed by atoms with Gasteiger partial charge in [-0.05, 0) is 25.0 Å². The summed E-state index contributed by atoms with van der Waals surface area (Å²) in [6.45, 7) is 3.35. The molecule has 0 saturated carbocycles. The van der Waals surface area contributed by atoms with Crippen molar-refractivity contribution in [3.8, 4) is 17.6 Å². The summed E-state index contributed by atoms with van der Waals surface area (Å²) in [6, 6.07) is 7.21. The van der Waals surface area contributed by atoms with Crippen molar-refractivity contribution >= 4 is 18.0 Å². The van der Waals surface area contributed by atoms with Gasteiger partial charge in [0.25, 0.3) is 5.79 Å². The number of ether oxygens (including phenoxy) is 4. The van der Waals surface area contributed by atoms with E-state index in [1.165, 1.54) is 27.0 Å². The minimum atomic E-state index is -1.29. The summed E-state index contributed by atoms with van der Waals surface area (Å²) in [6.07, 6.45) is 3.24. The maximum atomic E-state index is 12.1. The molecule has 7 nitrogen and oxygen atoms in total.